The molecule has 0 aliphatic rings. The SMILES string of the molecule is COC(=O)c1cccc(-n2ncc(NC(=O)OC(C)(C)C)c2C(F)(F)F)n1. The van der Waals surface area contributed by atoms with Gasteiger partial charge in [0, 0.05) is 0 Å². The number of carbonyl (C=O) groups excluding carboxylic acids is 2. The Morgan fingerprint density at radius 1 is 1.19 bits per heavy atom. The zero-order valence-corrected chi connectivity index (χ0v) is 14.9. The number of amides is 1. The van der Waals surface area contributed by atoms with Crippen molar-refractivity contribution in [2.75, 3.05) is 12.4 Å². The number of aromatic nitrogens is 3. The van der Waals surface area contributed by atoms with Crippen LogP contribution in [0.1, 0.15) is 37.0 Å². The molecule has 27 heavy (non-hydrogen) atoms. The molecule has 0 unspecified atom stereocenters. The molecule has 2 aromatic rings. The largest absolute Gasteiger partial charge is 0.464 e. The molecule has 0 fully saturated rings. The molecule has 2 aromatic heterocycles. The number of anilines is 1. The minimum absolute atomic E-state index is 0.194. The molecule has 8 nitrogen and oxygen atoms in total. The number of hydrogen-bond donors (Lipinski definition) is 1. The summed E-state index contributed by atoms with van der Waals surface area (Å²) in [4.78, 5) is 27.2. The van der Waals surface area contributed by atoms with Crippen molar-refractivity contribution >= 4 is 17.7 Å². The van der Waals surface area contributed by atoms with Crippen LogP contribution in [0.4, 0.5) is 23.7 Å². The van der Waals surface area contributed by atoms with Gasteiger partial charge < -0.3 is 9.47 Å². The Hall–Kier alpha value is -3.11. The fourth-order valence-electron chi connectivity index (χ4n) is 2.06. The average molecular weight is 386 g/mol. The first kappa shape index (κ1) is 20.2. The van der Waals surface area contributed by atoms with Gasteiger partial charge in [-0.25, -0.2) is 19.3 Å². The third-order valence-corrected chi connectivity index (χ3v) is 3.02. The van der Waals surface area contributed by atoms with E-state index in [-0.39, 0.29) is 11.5 Å². The monoisotopic (exact) mass is 386 g/mol. The Bertz CT molecular complexity index is 856. The van der Waals surface area contributed by atoms with Crippen LogP contribution in [0.3, 0.4) is 0 Å². The van der Waals surface area contributed by atoms with Gasteiger partial charge >= 0.3 is 18.2 Å². The maximum absolute atomic E-state index is 13.6. The molecule has 2 heterocycles. The number of nitrogens with one attached hydrogen (secondary N) is 1. The number of halogens is 3. The summed E-state index contributed by atoms with van der Waals surface area (Å²) in [6.45, 7) is 4.72. The maximum atomic E-state index is 13.6. The van der Waals surface area contributed by atoms with Gasteiger partial charge in [0.05, 0.1) is 19.0 Å². The quantitative estimate of drug-likeness (QED) is 0.812. The molecule has 0 aliphatic heterocycles. The minimum Gasteiger partial charge on any atom is -0.464 e. The van der Waals surface area contributed by atoms with E-state index in [0.717, 1.165) is 13.3 Å². The number of methoxy groups -OCH3 is 1. The van der Waals surface area contributed by atoms with Crippen molar-refractivity contribution in [3.63, 3.8) is 0 Å². The molecule has 146 valence electrons. The zero-order valence-electron chi connectivity index (χ0n) is 14.9. The molecular weight excluding hydrogens is 369 g/mol. The molecule has 0 bridgehead atoms. The number of ether oxygens (including phenoxy) is 2. The molecule has 1 amide bonds. The molecular formula is C16H17F3N4O4. The number of nitrogens with zero attached hydrogens (tertiary/aromatic N) is 3. The number of pyridine rings is 1. The van der Waals surface area contributed by atoms with Crippen molar-refractivity contribution in [2.24, 2.45) is 0 Å². The third kappa shape index (κ3) is 4.96. The van der Waals surface area contributed by atoms with Crippen LogP contribution in [0.2, 0.25) is 0 Å². The number of alkyl halides is 3. The van der Waals surface area contributed by atoms with Crippen LogP contribution in [0, 0.1) is 0 Å². The van der Waals surface area contributed by atoms with E-state index in [1.807, 2.05) is 5.32 Å². The van der Waals surface area contributed by atoms with E-state index in [9.17, 15) is 22.8 Å². The summed E-state index contributed by atoms with van der Waals surface area (Å²) < 4.78 is 50.6. The summed E-state index contributed by atoms with van der Waals surface area (Å²) in [7, 11) is 1.12. The number of esters is 1. The average Bonchev–Trinajstić information content (AvgIpc) is 2.96. The lowest BCUT2D eigenvalue weighted by Gasteiger charge is -2.20. The standard InChI is InChI=1S/C16H17F3N4O4/c1-15(2,3)27-14(25)22-10-8-20-23(12(10)16(17,18)19)11-7-5-6-9(21-11)13(24)26-4/h5-8H,1-4H3,(H,22,25). The molecule has 0 aromatic carbocycles. The first-order chi connectivity index (χ1) is 12.4. The molecule has 11 heteroatoms. The van der Waals surface area contributed by atoms with Crippen molar-refractivity contribution in [1.29, 1.82) is 0 Å². The van der Waals surface area contributed by atoms with Crippen molar-refractivity contribution in [1.82, 2.24) is 14.8 Å². The molecule has 0 radical (unpaired) electrons. The first-order valence-corrected chi connectivity index (χ1v) is 7.63. The van der Waals surface area contributed by atoms with Crippen molar-refractivity contribution in [2.45, 2.75) is 32.5 Å². The van der Waals surface area contributed by atoms with E-state index in [2.05, 4.69) is 14.8 Å². The van der Waals surface area contributed by atoms with Crippen molar-refractivity contribution in [3.05, 3.63) is 35.8 Å². The van der Waals surface area contributed by atoms with E-state index in [4.69, 9.17) is 4.74 Å². The third-order valence-electron chi connectivity index (χ3n) is 3.02. The van der Waals surface area contributed by atoms with Crippen LogP contribution >= 0.6 is 0 Å². The fraction of sp³-hybridized carbons (Fsp3) is 0.375. The van der Waals surface area contributed by atoms with Crippen LogP contribution in [0.5, 0.6) is 0 Å². The minimum atomic E-state index is -4.87. The highest BCUT2D eigenvalue weighted by molar-refractivity contribution is 5.87. The van der Waals surface area contributed by atoms with Crippen molar-refractivity contribution in [3.8, 4) is 5.82 Å². The number of hydrogen-bond acceptors (Lipinski definition) is 6. The van der Waals surface area contributed by atoms with Crippen LogP contribution in [-0.2, 0) is 15.7 Å². The summed E-state index contributed by atoms with van der Waals surface area (Å²) in [6, 6.07) is 3.84. The zero-order chi connectivity index (χ0) is 20.4. The second kappa shape index (κ2) is 7.25. The lowest BCUT2D eigenvalue weighted by atomic mass is 10.2. The van der Waals surface area contributed by atoms with Crippen LogP contribution < -0.4 is 5.32 Å². The second-order valence-corrected chi connectivity index (χ2v) is 6.32. The Morgan fingerprint density at radius 3 is 2.41 bits per heavy atom. The smallest absolute Gasteiger partial charge is 0.435 e. The van der Waals surface area contributed by atoms with Gasteiger partial charge in [0.25, 0.3) is 0 Å². The normalized spacial score (nSPS) is 11.8. The Balaban J connectivity index is 2.46. The predicted octanol–water partition coefficient (Wildman–Crippen LogP) is 3.42. The Labute approximate surface area is 152 Å². The number of rotatable bonds is 3. The molecule has 0 saturated heterocycles. The summed E-state index contributed by atoms with van der Waals surface area (Å²) >= 11 is 0. The molecule has 0 saturated carbocycles. The molecule has 2 rings (SSSR count). The summed E-state index contributed by atoms with van der Waals surface area (Å²) in [5.74, 6) is -1.09. The lowest BCUT2D eigenvalue weighted by molar-refractivity contribution is -0.142. The fourth-order valence-corrected chi connectivity index (χ4v) is 2.06. The highest BCUT2D eigenvalue weighted by atomic mass is 19.4. The summed E-state index contributed by atoms with van der Waals surface area (Å²) in [5.41, 5.74) is -2.97. The summed E-state index contributed by atoms with van der Waals surface area (Å²) in [5, 5.41) is 5.67. The molecule has 0 aliphatic carbocycles. The van der Waals surface area contributed by atoms with Gasteiger partial charge in [0.2, 0.25) is 0 Å². The summed E-state index contributed by atoms with van der Waals surface area (Å²) in [6.07, 6.45) is -5.12. The topological polar surface area (TPSA) is 95.3 Å². The number of carbonyl (C=O) groups is 2. The molecule has 1 N–H and O–H groups in total. The maximum Gasteiger partial charge on any atom is 0.435 e. The van der Waals surface area contributed by atoms with Gasteiger partial charge in [0.15, 0.2) is 17.2 Å². The van der Waals surface area contributed by atoms with Gasteiger partial charge in [-0.3, -0.25) is 5.32 Å². The van der Waals surface area contributed by atoms with Crippen LogP contribution in [-0.4, -0.2) is 39.5 Å². The Morgan fingerprint density at radius 2 is 1.85 bits per heavy atom. The van der Waals surface area contributed by atoms with E-state index < -0.39 is 35.2 Å². The molecule has 0 spiro atoms. The highest BCUT2D eigenvalue weighted by Crippen LogP contribution is 2.36. The van der Waals surface area contributed by atoms with Gasteiger partial charge in [-0.05, 0) is 32.9 Å². The molecule has 0 atom stereocenters. The second-order valence-electron chi connectivity index (χ2n) is 6.32. The van der Waals surface area contributed by atoms with E-state index in [1.54, 1.807) is 20.8 Å². The first-order valence-electron chi connectivity index (χ1n) is 7.63. The van der Waals surface area contributed by atoms with Crippen LogP contribution in [0.15, 0.2) is 24.4 Å². The van der Waals surface area contributed by atoms with Gasteiger partial charge in [-0.2, -0.15) is 18.3 Å². The van der Waals surface area contributed by atoms with Gasteiger partial charge in [-0.15, -0.1) is 0 Å². The van der Waals surface area contributed by atoms with Crippen LogP contribution in [0.25, 0.3) is 5.82 Å². The predicted molar refractivity (Wildman–Crippen MR) is 87.6 cm³/mol. The van der Waals surface area contributed by atoms with E-state index in [0.29, 0.717) is 4.68 Å². The van der Waals surface area contributed by atoms with Crippen molar-refractivity contribution < 1.29 is 32.2 Å². The van der Waals surface area contributed by atoms with Gasteiger partial charge in [0.1, 0.15) is 5.60 Å². The van der Waals surface area contributed by atoms with E-state index >= 15 is 0 Å². The van der Waals surface area contributed by atoms with Gasteiger partial charge in [-0.1, -0.05) is 6.07 Å². The Kier molecular flexibility index (Phi) is 5.43. The highest BCUT2D eigenvalue weighted by Gasteiger charge is 2.40. The lowest BCUT2D eigenvalue weighted by Crippen LogP contribution is -2.28. The van der Waals surface area contributed by atoms with E-state index in [1.165, 1.54) is 18.2 Å².